The topological polar surface area (TPSA) is 53.1 Å². The highest BCUT2D eigenvalue weighted by Crippen LogP contribution is 2.34. The Morgan fingerprint density at radius 3 is 2.43 bits per heavy atom. The van der Waals surface area contributed by atoms with Gasteiger partial charge < -0.3 is 5.73 Å². The number of nitrogen functional groups attached to an aromatic ring is 1. The highest BCUT2D eigenvalue weighted by Gasteiger charge is 2.28. The number of likely N-dealkylation sites (tertiary alicyclic amines) is 1. The van der Waals surface area contributed by atoms with Gasteiger partial charge in [0, 0.05) is 17.1 Å². The largest absolute Gasteiger partial charge is 0.384 e. The van der Waals surface area contributed by atoms with Gasteiger partial charge in [0.1, 0.15) is 5.84 Å². The summed E-state index contributed by atoms with van der Waals surface area (Å²) in [5, 5.41) is 8.15. The van der Waals surface area contributed by atoms with Crippen LogP contribution in [0, 0.1) is 16.7 Å². The molecule has 3 N–H and O–H groups in total. The van der Waals surface area contributed by atoms with Gasteiger partial charge in [0.25, 0.3) is 0 Å². The first-order valence-corrected chi connectivity index (χ1v) is 8.00. The Morgan fingerprint density at radius 2 is 1.95 bits per heavy atom. The lowest BCUT2D eigenvalue weighted by Gasteiger charge is -2.38. The van der Waals surface area contributed by atoms with Crippen molar-refractivity contribution in [3.05, 3.63) is 34.3 Å². The van der Waals surface area contributed by atoms with Crippen LogP contribution < -0.4 is 5.73 Å². The van der Waals surface area contributed by atoms with Gasteiger partial charge in [-0.15, -0.1) is 0 Å². The van der Waals surface area contributed by atoms with E-state index in [2.05, 4.69) is 25.7 Å². The molecule has 3 nitrogen and oxygen atoms in total. The van der Waals surface area contributed by atoms with Gasteiger partial charge in [0.15, 0.2) is 0 Å². The summed E-state index contributed by atoms with van der Waals surface area (Å²) in [4.78, 5) is 2.47. The number of nitrogens with two attached hydrogens (primary N) is 1. The van der Waals surface area contributed by atoms with Crippen LogP contribution in [0.1, 0.15) is 44.7 Å². The second kappa shape index (κ2) is 6.37. The lowest BCUT2D eigenvalue weighted by atomic mass is 9.75. The number of rotatable bonds is 3. The standard InChI is InChI=1S/C17H26ClN3/c1-17(2,3)14-6-8-21(9-7-14)11-13-5-4-12(16(19)20)10-15(13)18/h4-5,10,14H,6-9,11H2,1-3H3,(H3,19,20). The summed E-state index contributed by atoms with van der Waals surface area (Å²) in [5.41, 5.74) is 7.71. The van der Waals surface area contributed by atoms with Gasteiger partial charge in [-0.3, -0.25) is 10.3 Å². The summed E-state index contributed by atoms with van der Waals surface area (Å²) in [5.74, 6) is 0.874. The molecule has 2 rings (SSSR count). The lowest BCUT2D eigenvalue weighted by molar-refractivity contribution is 0.108. The second-order valence-electron chi connectivity index (χ2n) is 7.14. The molecule has 0 aliphatic carbocycles. The van der Waals surface area contributed by atoms with Gasteiger partial charge in [-0.25, -0.2) is 0 Å². The predicted molar refractivity (Wildman–Crippen MR) is 89.9 cm³/mol. The Kier molecular flexibility index (Phi) is 4.95. The van der Waals surface area contributed by atoms with Crippen LogP contribution in [0.15, 0.2) is 18.2 Å². The average molecular weight is 308 g/mol. The average Bonchev–Trinajstić information content (AvgIpc) is 2.40. The maximum absolute atomic E-state index is 7.44. The fraction of sp³-hybridized carbons (Fsp3) is 0.588. The Balaban J connectivity index is 1.96. The van der Waals surface area contributed by atoms with E-state index in [0.29, 0.717) is 16.0 Å². The Hall–Kier alpha value is -1.06. The normalized spacial score (nSPS) is 17.9. The van der Waals surface area contributed by atoms with Crippen molar-refractivity contribution in [3.63, 3.8) is 0 Å². The van der Waals surface area contributed by atoms with Crippen LogP contribution in [-0.4, -0.2) is 23.8 Å². The highest BCUT2D eigenvalue weighted by atomic mass is 35.5. The quantitative estimate of drug-likeness (QED) is 0.657. The molecule has 0 unspecified atom stereocenters. The van der Waals surface area contributed by atoms with E-state index in [4.69, 9.17) is 22.7 Å². The van der Waals surface area contributed by atoms with Crippen molar-refractivity contribution >= 4 is 17.4 Å². The highest BCUT2D eigenvalue weighted by molar-refractivity contribution is 6.31. The van der Waals surface area contributed by atoms with E-state index in [0.717, 1.165) is 31.1 Å². The van der Waals surface area contributed by atoms with E-state index in [1.54, 1.807) is 6.07 Å². The van der Waals surface area contributed by atoms with Crippen LogP contribution >= 0.6 is 11.6 Å². The molecule has 0 aromatic heterocycles. The van der Waals surface area contributed by atoms with Crippen molar-refractivity contribution in [3.8, 4) is 0 Å². The fourth-order valence-corrected chi connectivity index (χ4v) is 3.28. The third kappa shape index (κ3) is 4.21. The van der Waals surface area contributed by atoms with Gasteiger partial charge in [0.05, 0.1) is 0 Å². The van der Waals surface area contributed by atoms with E-state index in [1.165, 1.54) is 12.8 Å². The Bertz CT molecular complexity index is 511. The minimum atomic E-state index is 0.0643. The lowest BCUT2D eigenvalue weighted by Crippen LogP contribution is -2.37. The van der Waals surface area contributed by atoms with Crippen LogP contribution in [0.4, 0.5) is 0 Å². The smallest absolute Gasteiger partial charge is 0.122 e. The molecular formula is C17H26ClN3. The maximum atomic E-state index is 7.44. The van der Waals surface area contributed by atoms with Crippen LogP contribution in [0.25, 0.3) is 0 Å². The van der Waals surface area contributed by atoms with E-state index in [9.17, 15) is 0 Å². The van der Waals surface area contributed by atoms with Crippen molar-refractivity contribution in [1.29, 1.82) is 5.41 Å². The maximum Gasteiger partial charge on any atom is 0.122 e. The van der Waals surface area contributed by atoms with Crippen LogP contribution in [-0.2, 0) is 6.54 Å². The summed E-state index contributed by atoms with van der Waals surface area (Å²) in [6.45, 7) is 10.2. The first-order valence-electron chi connectivity index (χ1n) is 7.62. The van der Waals surface area contributed by atoms with Crippen molar-refractivity contribution in [2.75, 3.05) is 13.1 Å². The molecule has 0 bridgehead atoms. The molecule has 4 heteroatoms. The Labute approximate surface area is 133 Å². The number of nitrogens with zero attached hydrogens (tertiary/aromatic N) is 1. The number of hydrogen-bond acceptors (Lipinski definition) is 2. The zero-order chi connectivity index (χ0) is 15.6. The summed E-state index contributed by atoms with van der Waals surface area (Å²) in [7, 11) is 0. The van der Waals surface area contributed by atoms with Crippen LogP contribution in [0.2, 0.25) is 5.02 Å². The van der Waals surface area contributed by atoms with E-state index < -0.39 is 0 Å². The van der Waals surface area contributed by atoms with E-state index >= 15 is 0 Å². The molecular weight excluding hydrogens is 282 g/mol. The molecule has 1 aliphatic heterocycles. The second-order valence-corrected chi connectivity index (χ2v) is 7.54. The predicted octanol–water partition coefficient (Wildman–Crippen LogP) is 3.88. The number of piperidine rings is 1. The Morgan fingerprint density at radius 1 is 1.33 bits per heavy atom. The number of amidine groups is 1. The summed E-state index contributed by atoms with van der Waals surface area (Å²) in [6.07, 6.45) is 2.51. The van der Waals surface area contributed by atoms with Gasteiger partial charge in [-0.1, -0.05) is 44.5 Å². The zero-order valence-electron chi connectivity index (χ0n) is 13.2. The molecule has 1 aliphatic rings. The minimum Gasteiger partial charge on any atom is -0.384 e. The molecule has 1 aromatic carbocycles. The number of benzene rings is 1. The molecule has 1 fully saturated rings. The molecule has 116 valence electrons. The van der Waals surface area contributed by atoms with E-state index in [1.807, 2.05) is 12.1 Å². The van der Waals surface area contributed by atoms with Crippen molar-refractivity contribution in [1.82, 2.24) is 4.90 Å². The van der Waals surface area contributed by atoms with Crippen LogP contribution in [0.5, 0.6) is 0 Å². The molecule has 1 heterocycles. The molecule has 0 spiro atoms. The SMILES string of the molecule is CC(C)(C)C1CCN(Cc2ccc(C(=N)N)cc2Cl)CC1. The summed E-state index contributed by atoms with van der Waals surface area (Å²) in [6, 6.07) is 5.67. The van der Waals surface area contributed by atoms with Gasteiger partial charge in [0.2, 0.25) is 0 Å². The molecule has 0 amide bonds. The number of nitrogens with one attached hydrogen (secondary N) is 1. The van der Waals surface area contributed by atoms with Gasteiger partial charge in [-0.05, 0) is 48.9 Å². The first kappa shape index (κ1) is 16.3. The van der Waals surface area contributed by atoms with Gasteiger partial charge in [-0.2, -0.15) is 0 Å². The van der Waals surface area contributed by atoms with E-state index in [-0.39, 0.29) is 5.84 Å². The summed E-state index contributed by atoms with van der Waals surface area (Å²) < 4.78 is 0. The van der Waals surface area contributed by atoms with Crippen LogP contribution in [0.3, 0.4) is 0 Å². The van der Waals surface area contributed by atoms with Crippen molar-refractivity contribution in [2.24, 2.45) is 17.1 Å². The number of halogens is 1. The molecule has 1 aromatic rings. The van der Waals surface area contributed by atoms with Crippen molar-refractivity contribution in [2.45, 2.75) is 40.2 Å². The molecule has 0 saturated carbocycles. The number of hydrogen-bond donors (Lipinski definition) is 2. The first-order chi connectivity index (χ1) is 9.77. The third-order valence-corrected chi connectivity index (χ3v) is 4.92. The fourth-order valence-electron chi connectivity index (χ4n) is 3.04. The summed E-state index contributed by atoms with van der Waals surface area (Å²) >= 11 is 6.32. The zero-order valence-corrected chi connectivity index (χ0v) is 14.0. The van der Waals surface area contributed by atoms with Gasteiger partial charge >= 0.3 is 0 Å². The minimum absolute atomic E-state index is 0.0643. The molecule has 0 radical (unpaired) electrons. The molecule has 21 heavy (non-hydrogen) atoms. The molecule has 0 atom stereocenters. The monoisotopic (exact) mass is 307 g/mol. The molecule has 1 saturated heterocycles. The third-order valence-electron chi connectivity index (χ3n) is 4.57. The van der Waals surface area contributed by atoms with Crippen molar-refractivity contribution < 1.29 is 0 Å².